The second-order valence-electron chi connectivity index (χ2n) is 3.74. The Kier molecular flexibility index (Phi) is 10.2. The van der Waals surface area contributed by atoms with Crippen molar-refractivity contribution in [1.29, 1.82) is 0 Å². The Morgan fingerprint density at radius 3 is 2.00 bits per heavy atom. The first kappa shape index (κ1) is 13.5. The summed E-state index contributed by atoms with van der Waals surface area (Å²) < 4.78 is 4.32. The molecule has 0 N–H and O–H groups in total. The molecule has 0 saturated carbocycles. The van der Waals surface area contributed by atoms with Crippen LogP contribution in [0, 0.1) is 7.11 Å². The maximum absolute atomic E-state index is 10.7. The van der Waals surface area contributed by atoms with Crippen LogP contribution in [0.1, 0.15) is 64.7 Å². The van der Waals surface area contributed by atoms with Crippen LogP contribution in [0.25, 0.3) is 0 Å². The predicted molar refractivity (Wildman–Crippen MR) is 58.7 cm³/mol. The number of carbonyl (C=O) groups excluding carboxylic acids is 1. The van der Waals surface area contributed by atoms with E-state index in [0.717, 1.165) is 12.8 Å². The van der Waals surface area contributed by atoms with Crippen LogP contribution < -0.4 is 0 Å². The Morgan fingerprint density at radius 1 is 1.00 bits per heavy atom. The van der Waals surface area contributed by atoms with Crippen LogP contribution >= 0.6 is 0 Å². The van der Waals surface area contributed by atoms with Gasteiger partial charge in [0.25, 0.3) is 0 Å². The molecule has 0 amide bonds. The number of unbranched alkanes of at least 4 members (excludes halogenated alkanes) is 7. The van der Waals surface area contributed by atoms with E-state index in [2.05, 4.69) is 18.8 Å². The first-order valence-electron chi connectivity index (χ1n) is 5.76. The molecule has 0 bridgehead atoms. The summed E-state index contributed by atoms with van der Waals surface area (Å²) >= 11 is 0. The minimum absolute atomic E-state index is 0.184. The minimum atomic E-state index is -0.184. The molecule has 83 valence electrons. The van der Waals surface area contributed by atoms with Gasteiger partial charge in [-0.2, -0.15) is 0 Å². The fraction of sp³-hybridized carbons (Fsp3) is 0.833. The van der Waals surface area contributed by atoms with Gasteiger partial charge >= 0.3 is 5.97 Å². The first-order valence-corrected chi connectivity index (χ1v) is 5.76. The average molecular weight is 199 g/mol. The summed E-state index contributed by atoms with van der Waals surface area (Å²) in [7, 11) is 3.08. The Labute approximate surface area is 88.0 Å². The van der Waals surface area contributed by atoms with Gasteiger partial charge in [-0.15, -0.1) is 0 Å². The molecule has 14 heavy (non-hydrogen) atoms. The van der Waals surface area contributed by atoms with Crippen LogP contribution in [0.2, 0.25) is 0 Å². The maximum atomic E-state index is 10.7. The highest BCUT2D eigenvalue weighted by Gasteiger charge is 1.98. The van der Waals surface area contributed by atoms with E-state index in [1.807, 2.05) is 0 Å². The number of esters is 1. The molecule has 2 nitrogen and oxygen atoms in total. The molecule has 0 aliphatic carbocycles. The van der Waals surface area contributed by atoms with Crippen LogP contribution in [0.15, 0.2) is 0 Å². The molecule has 0 rings (SSSR count). The van der Waals surface area contributed by atoms with Crippen LogP contribution in [-0.4, -0.2) is 5.97 Å². The van der Waals surface area contributed by atoms with Gasteiger partial charge < -0.3 is 4.74 Å². The first-order chi connectivity index (χ1) is 6.81. The quantitative estimate of drug-likeness (QED) is 0.416. The third-order valence-corrected chi connectivity index (χ3v) is 2.40. The molecule has 0 aromatic carbocycles. The lowest BCUT2D eigenvalue weighted by molar-refractivity contribution is -0.138. The molecular formula is C12H23O2. The van der Waals surface area contributed by atoms with E-state index in [-0.39, 0.29) is 5.97 Å². The zero-order valence-electron chi connectivity index (χ0n) is 9.39. The van der Waals surface area contributed by atoms with Crippen LogP contribution in [-0.2, 0) is 9.53 Å². The lowest BCUT2D eigenvalue weighted by Crippen LogP contribution is -1.97. The smallest absolute Gasteiger partial charge is 0.305 e. The van der Waals surface area contributed by atoms with Gasteiger partial charge in [0.2, 0.25) is 0 Å². The highest BCUT2D eigenvalue weighted by atomic mass is 16.5. The Hall–Kier alpha value is -0.530. The van der Waals surface area contributed by atoms with Crippen molar-refractivity contribution in [3.8, 4) is 0 Å². The van der Waals surface area contributed by atoms with Crippen molar-refractivity contribution >= 4 is 5.97 Å². The molecule has 0 aromatic heterocycles. The average Bonchev–Trinajstić information content (AvgIpc) is 2.21. The molecule has 0 atom stereocenters. The second-order valence-corrected chi connectivity index (χ2v) is 3.74. The van der Waals surface area contributed by atoms with Crippen LogP contribution in [0.5, 0.6) is 0 Å². The second kappa shape index (κ2) is 10.6. The number of hydrogen-bond donors (Lipinski definition) is 0. The SMILES string of the molecule is [CH2]OC(=O)CCCCCCCCCC. The summed E-state index contributed by atoms with van der Waals surface area (Å²) in [5.74, 6) is -0.184. The fourth-order valence-electron chi connectivity index (χ4n) is 1.48. The molecule has 0 saturated heterocycles. The van der Waals surface area contributed by atoms with Gasteiger partial charge in [-0.1, -0.05) is 51.9 Å². The molecule has 0 aliphatic rings. The zero-order valence-corrected chi connectivity index (χ0v) is 9.39. The van der Waals surface area contributed by atoms with Crippen molar-refractivity contribution in [2.75, 3.05) is 0 Å². The topological polar surface area (TPSA) is 26.3 Å². The van der Waals surface area contributed by atoms with Gasteiger partial charge in [-0.25, -0.2) is 0 Å². The normalized spacial score (nSPS) is 10.1. The molecule has 0 aliphatic heterocycles. The largest absolute Gasteiger partial charge is 0.462 e. The van der Waals surface area contributed by atoms with Crippen molar-refractivity contribution in [2.45, 2.75) is 64.7 Å². The van der Waals surface area contributed by atoms with E-state index in [1.54, 1.807) is 0 Å². The number of rotatable bonds is 9. The summed E-state index contributed by atoms with van der Waals surface area (Å²) in [4.78, 5) is 10.7. The number of carbonyl (C=O) groups is 1. The Bertz CT molecular complexity index is 132. The van der Waals surface area contributed by atoms with E-state index in [4.69, 9.17) is 0 Å². The van der Waals surface area contributed by atoms with Gasteiger partial charge in [-0.05, 0) is 6.42 Å². The maximum Gasteiger partial charge on any atom is 0.305 e. The molecule has 0 spiro atoms. The standard InChI is InChI=1S/C12H23O2/c1-3-4-5-6-7-8-9-10-11-12(13)14-2/h2-11H2,1H3. The fourth-order valence-corrected chi connectivity index (χ4v) is 1.48. The highest BCUT2D eigenvalue weighted by Crippen LogP contribution is 2.09. The summed E-state index contributed by atoms with van der Waals surface area (Å²) in [6.45, 7) is 2.23. The van der Waals surface area contributed by atoms with Crippen molar-refractivity contribution < 1.29 is 9.53 Å². The van der Waals surface area contributed by atoms with E-state index < -0.39 is 0 Å². The van der Waals surface area contributed by atoms with E-state index in [9.17, 15) is 4.79 Å². The van der Waals surface area contributed by atoms with Gasteiger partial charge in [0, 0.05) is 6.42 Å². The van der Waals surface area contributed by atoms with Crippen molar-refractivity contribution in [3.63, 3.8) is 0 Å². The molecule has 1 radical (unpaired) electrons. The number of ether oxygens (including phenoxy) is 1. The number of hydrogen-bond acceptors (Lipinski definition) is 2. The molecule has 0 aromatic rings. The summed E-state index contributed by atoms with van der Waals surface area (Å²) in [5.41, 5.74) is 0. The molecule has 0 fully saturated rings. The van der Waals surface area contributed by atoms with Gasteiger partial charge in [-0.3, -0.25) is 4.79 Å². The van der Waals surface area contributed by atoms with Crippen molar-refractivity contribution in [3.05, 3.63) is 7.11 Å². The molecule has 0 heterocycles. The summed E-state index contributed by atoms with van der Waals surface area (Å²) in [6, 6.07) is 0. The molecule has 2 heteroatoms. The van der Waals surface area contributed by atoms with Crippen molar-refractivity contribution in [2.24, 2.45) is 0 Å². The van der Waals surface area contributed by atoms with Gasteiger partial charge in [0.05, 0.1) is 0 Å². The third kappa shape index (κ3) is 9.56. The highest BCUT2D eigenvalue weighted by molar-refractivity contribution is 5.69. The van der Waals surface area contributed by atoms with E-state index in [1.165, 1.54) is 38.5 Å². The van der Waals surface area contributed by atoms with Gasteiger partial charge in [0.1, 0.15) is 7.11 Å². The Balaban J connectivity index is 2.95. The molecule has 0 unspecified atom stereocenters. The monoisotopic (exact) mass is 199 g/mol. The predicted octanol–water partition coefficient (Wildman–Crippen LogP) is 3.85. The third-order valence-electron chi connectivity index (χ3n) is 2.40. The zero-order chi connectivity index (χ0) is 10.6. The Morgan fingerprint density at radius 2 is 1.50 bits per heavy atom. The van der Waals surface area contributed by atoms with E-state index >= 15 is 0 Å². The van der Waals surface area contributed by atoms with Gasteiger partial charge in [0.15, 0.2) is 0 Å². The molecular weight excluding hydrogens is 176 g/mol. The van der Waals surface area contributed by atoms with Crippen LogP contribution in [0.3, 0.4) is 0 Å². The van der Waals surface area contributed by atoms with Crippen LogP contribution in [0.4, 0.5) is 0 Å². The van der Waals surface area contributed by atoms with E-state index in [0.29, 0.717) is 6.42 Å². The minimum Gasteiger partial charge on any atom is -0.462 e. The lowest BCUT2D eigenvalue weighted by Gasteiger charge is -2.00. The van der Waals surface area contributed by atoms with Crippen molar-refractivity contribution in [1.82, 2.24) is 0 Å². The summed E-state index contributed by atoms with van der Waals surface area (Å²) in [5, 5.41) is 0. The summed E-state index contributed by atoms with van der Waals surface area (Å²) in [6.07, 6.45) is 10.5. The lowest BCUT2D eigenvalue weighted by atomic mass is 10.1.